The molecule has 1 aliphatic rings. The summed E-state index contributed by atoms with van der Waals surface area (Å²) >= 11 is 3.64. The first-order valence-electron chi connectivity index (χ1n) is 8.23. The highest BCUT2D eigenvalue weighted by molar-refractivity contribution is 7.99. The second kappa shape index (κ2) is 5.57. The molecule has 0 bridgehead atoms. The van der Waals surface area contributed by atoms with Crippen molar-refractivity contribution in [3.8, 4) is 0 Å². The maximum absolute atomic E-state index is 4.78. The van der Waals surface area contributed by atoms with Crippen molar-refractivity contribution in [2.75, 3.05) is 0 Å². The monoisotopic (exact) mass is 348 g/mol. The summed E-state index contributed by atoms with van der Waals surface area (Å²) in [6.45, 7) is 1.99. The summed E-state index contributed by atoms with van der Waals surface area (Å²) < 4.78 is 0. The lowest BCUT2D eigenvalue weighted by molar-refractivity contribution is 0.914. The summed E-state index contributed by atoms with van der Waals surface area (Å²) in [6.07, 6.45) is 3.65. The van der Waals surface area contributed by atoms with E-state index in [-0.39, 0.29) is 0 Å². The van der Waals surface area contributed by atoms with E-state index in [9.17, 15) is 0 Å². The van der Waals surface area contributed by atoms with Crippen molar-refractivity contribution in [2.45, 2.75) is 36.1 Å². The molecule has 2 aromatic heterocycles. The predicted octanol–water partition coefficient (Wildman–Crippen LogP) is 5.79. The van der Waals surface area contributed by atoms with Crippen LogP contribution in [0.4, 0.5) is 0 Å². The van der Waals surface area contributed by atoms with E-state index < -0.39 is 0 Å². The molecular formula is C20H16N2S2. The summed E-state index contributed by atoms with van der Waals surface area (Å²) in [5.74, 6) is 0.866. The molecule has 0 saturated heterocycles. The molecule has 2 heterocycles. The van der Waals surface area contributed by atoms with Gasteiger partial charge >= 0.3 is 0 Å². The SMILES string of the molecule is Cc1nc(Sc2ccc3ccccc3c2)c2c3c(sc2n1)CCC3. The molecule has 0 amide bonds. The number of aryl methyl sites for hydroxylation is 3. The van der Waals surface area contributed by atoms with Crippen LogP contribution in [-0.4, -0.2) is 9.97 Å². The van der Waals surface area contributed by atoms with Gasteiger partial charge in [0.05, 0.1) is 0 Å². The van der Waals surface area contributed by atoms with Crippen molar-refractivity contribution in [1.82, 2.24) is 9.97 Å². The summed E-state index contributed by atoms with van der Waals surface area (Å²) in [4.78, 5) is 13.4. The van der Waals surface area contributed by atoms with Crippen LogP contribution in [0.15, 0.2) is 52.4 Å². The van der Waals surface area contributed by atoms with Gasteiger partial charge in [0.25, 0.3) is 0 Å². The fraction of sp³-hybridized carbons (Fsp3) is 0.200. The van der Waals surface area contributed by atoms with Gasteiger partial charge in [-0.05, 0) is 54.7 Å². The predicted molar refractivity (Wildman–Crippen MR) is 102 cm³/mol. The second-order valence-electron chi connectivity index (χ2n) is 6.22. The van der Waals surface area contributed by atoms with Crippen molar-refractivity contribution in [2.24, 2.45) is 0 Å². The van der Waals surface area contributed by atoms with Crippen LogP contribution in [0.25, 0.3) is 21.0 Å². The molecule has 0 saturated carbocycles. The van der Waals surface area contributed by atoms with Crippen LogP contribution in [0.2, 0.25) is 0 Å². The smallest absolute Gasteiger partial charge is 0.128 e. The molecule has 0 spiro atoms. The minimum absolute atomic E-state index is 0.866. The molecule has 0 radical (unpaired) electrons. The molecule has 2 aromatic carbocycles. The number of nitrogens with zero attached hydrogens (tertiary/aromatic N) is 2. The van der Waals surface area contributed by atoms with Gasteiger partial charge in [-0.2, -0.15) is 0 Å². The van der Waals surface area contributed by atoms with Crippen LogP contribution in [0.3, 0.4) is 0 Å². The van der Waals surface area contributed by atoms with Gasteiger partial charge < -0.3 is 0 Å². The normalized spacial score (nSPS) is 13.7. The van der Waals surface area contributed by atoms with Crippen molar-refractivity contribution in [3.63, 3.8) is 0 Å². The zero-order valence-electron chi connectivity index (χ0n) is 13.4. The Balaban J connectivity index is 1.65. The van der Waals surface area contributed by atoms with Crippen LogP contribution in [0, 0.1) is 6.92 Å². The first-order valence-corrected chi connectivity index (χ1v) is 9.87. The maximum atomic E-state index is 4.78. The largest absolute Gasteiger partial charge is 0.226 e. The number of aromatic nitrogens is 2. The van der Waals surface area contributed by atoms with E-state index in [2.05, 4.69) is 47.4 Å². The van der Waals surface area contributed by atoms with Crippen molar-refractivity contribution < 1.29 is 0 Å². The fourth-order valence-corrected chi connectivity index (χ4v) is 5.90. The maximum Gasteiger partial charge on any atom is 0.128 e. The number of fused-ring (bicyclic) bond motifs is 4. The van der Waals surface area contributed by atoms with Crippen LogP contribution in [-0.2, 0) is 12.8 Å². The number of hydrogen-bond donors (Lipinski definition) is 0. The van der Waals surface area contributed by atoms with Gasteiger partial charge in [0.2, 0.25) is 0 Å². The standard InChI is InChI=1S/C20H16N2S2/c1-12-21-19(18-16-7-4-8-17(16)24-20(18)22-12)23-15-10-9-13-5-2-3-6-14(13)11-15/h2-3,5-6,9-11H,4,7-8H2,1H3. The minimum atomic E-state index is 0.866. The molecule has 0 atom stereocenters. The van der Waals surface area contributed by atoms with Crippen molar-refractivity contribution >= 4 is 44.1 Å². The van der Waals surface area contributed by atoms with Gasteiger partial charge in [0, 0.05) is 15.2 Å². The molecule has 5 rings (SSSR count). The Bertz CT molecular complexity index is 1080. The summed E-state index contributed by atoms with van der Waals surface area (Å²) in [5, 5.41) is 4.98. The van der Waals surface area contributed by atoms with Gasteiger partial charge in [-0.3, -0.25) is 0 Å². The van der Waals surface area contributed by atoms with Crippen LogP contribution < -0.4 is 0 Å². The lowest BCUT2D eigenvalue weighted by Gasteiger charge is -2.07. The Morgan fingerprint density at radius 3 is 2.79 bits per heavy atom. The van der Waals surface area contributed by atoms with Crippen LogP contribution in [0.1, 0.15) is 22.7 Å². The van der Waals surface area contributed by atoms with Crippen molar-refractivity contribution in [1.29, 1.82) is 0 Å². The molecule has 0 fully saturated rings. The highest BCUT2D eigenvalue weighted by Gasteiger charge is 2.22. The molecule has 0 unspecified atom stereocenters. The Morgan fingerprint density at radius 1 is 1.00 bits per heavy atom. The Morgan fingerprint density at radius 2 is 1.88 bits per heavy atom. The van der Waals surface area contributed by atoms with E-state index in [1.54, 1.807) is 11.8 Å². The van der Waals surface area contributed by atoms with Crippen LogP contribution in [0.5, 0.6) is 0 Å². The van der Waals surface area contributed by atoms with E-state index in [1.165, 1.54) is 50.8 Å². The summed E-state index contributed by atoms with van der Waals surface area (Å²) in [6, 6.07) is 15.2. The zero-order valence-corrected chi connectivity index (χ0v) is 15.0. The van der Waals surface area contributed by atoms with Gasteiger partial charge in [-0.15, -0.1) is 11.3 Å². The molecule has 4 aromatic rings. The Hall–Kier alpha value is -1.91. The minimum Gasteiger partial charge on any atom is -0.226 e. The third-order valence-electron chi connectivity index (χ3n) is 4.58. The third-order valence-corrected chi connectivity index (χ3v) is 6.74. The first kappa shape index (κ1) is 14.4. The molecular weight excluding hydrogens is 332 g/mol. The summed E-state index contributed by atoms with van der Waals surface area (Å²) in [7, 11) is 0. The Kier molecular flexibility index (Phi) is 3.35. The van der Waals surface area contributed by atoms with Crippen molar-refractivity contribution in [3.05, 3.63) is 58.7 Å². The van der Waals surface area contributed by atoms with E-state index >= 15 is 0 Å². The highest BCUT2D eigenvalue weighted by atomic mass is 32.2. The zero-order chi connectivity index (χ0) is 16.1. The van der Waals surface area contributed by atoms with Gasteiger partial charge in [-0.1, -0.05) is 42.1 Å². The van der Waals surface area contributed by atoms with E-state index in [0.29, 0.717) is 0 Å². The quantitative estimate of drug-likeness (QED) is 0.429. The number of hydrogen-bond acceptors (Lipinski definition) is 4. The molecule has 118 valence electrons. The lowest BCUT2D eigenvalue weighted by atomic mass is 10.1. The third kappa shape index (κ3) is 2.33. The van der Waals surface area contributed by atoms with E-state index in [4.69, 9.17) is 4.98 Å². The molecule has 0 N–H and O–H groups in total. The first-order chi connectivity index (χ1) is 11.8. The molecule has 2 nitrogen and oxygen atoms in total. The molecule has 1 aliphatic carbocycles. The van der Waals surface area contributed by atoms with Gasteiger partial charge in [0.1, 0.15) is 15.7 Å². The van der Waals surface area contributed by atoms with Gasteiger partial charge in [0.15, 0.2) is 0 Å². The molecule has 24 heavy (non-hydrogen) atoms. The average Bonchev–Trinajstić information content (AvgIpc) is 3.15. The number of rotatable bonds is 2. The van der Waals surface area contributed by atoms with Crippen LogP contribution >= 0.6 is 23.1 Å². The molecule has 4 heteroatoms. The topological polar surface area (TPSA) is 25.8 Å². The van der Waals surface area contributed by atoms with Gasteiger partial charge in [-0.25, -0.2) is 9.97 Å². The highest BCUT2D eigenvalue weighted by Crippen LogP contribution is 2.42. The second-order valence-corrected chi connectivity index (χ2v) is 8.37. The number of benzene rings is 2. The molecule has 0 aliphatic heterocycles. The Labute approximate surface area is 149 Å². The van der Waals surface area contributed by atoms with E-state index in [1.807, 2.05) is 18.3 Å². The number of thiophene rings is 1. The average molecular weight is 348 g/mol. The fourth-order valence-electron chi connectivity index (χ4n) is 3.48. The lowest BCUT2D eigenvalue weighted by Crippen LogP contribution is -1.92. The summed E-state index contributed by atoms with van der Waals surface area (Å²) in [5.41, 5.74) is 1.50. The van der Waals surface area contributed by atoms with E-state index in [0.717, 1.165) is 15.7 Å².